The average molecular weight is 566 g/mol. The maximum absolute atomic E-state index is 12.8. The molecular weight excluding hydrogens is 522 g/mol. The van der Waals surface area contributed by atoms with Gasteiger partial charge in [-0.3, -0.25) is 14.8 Å². The van der Waals surface area contributed by atoms with Crippen LogP contribution in [0.1, 0.15) is 59.6 Å². The van der Waals surface area contributed by atoms with Crippen LogP contribution in [0.3, 0.4) is 0 Å². The molecule has 0 aliphatic carbocycles. The zero-order valence-electron chi connectivity index (χ0n) is 25.3. The second-order valence-electron chi connectivity index (χ2n) is 11.5. The first-order chi connectivity index (χ1) is 20.2. The summed E-state index contributed by atoms with van der Waals surface area (Å²) in [6.45, 7) is 10.6. The molecule has 0 bridgehead atoms. The summed E-state index contributed by atoms with van der Waals surface area (Å²) in [5.41, 5.74) is 20.6. The highest BCUT2D eigenvalue weighted by Gasteiger charge is 2.24. The highest BCUT2D eigenvalue weighted by molar-refractivity contribution is 5.98. The van der Waals surface area contributed by atoms with Gasteiger partial charge in [0.1, 0.15) is 0 Å². The van der Waals surface area contributed by atoms with E-state index in [1.54, 1.807) is 24.8 Å². The zero-order valence-corrected chi connectivity index (χ0v) is 25.3. The van der Waals surface area contributed by atoms with Crippen LogP contribution in [0.4, 0.5) is 0 Å². The van der Waals surface area contributed by atoms with Gasteiger partial charge in [0.25, 0.3) is 0 Å². The molecule has 0 radical (unpaired) electrons. The molecule has 0 saturated heterocycles. The molecule has 0 aromatic carbocycles. The molecule has 42 heavy (non-hydrogen) atoms. The lowest BCUT2D eigenvalue weighted by Crippen LogP contribution is -2.34. The van der Waals surface area contributed by atoms with Crippen LogP contribution in [0.2, 0.25) is 0 Å². The van der Waals surface area contributed by atoms with Crippen molar-refractivity contribution in [2.24, 2.45) is 22.8 Å². The minimum Gasteiger partial charge on any atom is -0.404 e. The Hall–Kier alpha value is -4.59. The van der Waals surface area contributed by atoms with Gasteiger partial charge in [0.05, 0.1) is 17.4 Å². The van der Waals surface area contributed by atoms with Gasteiger partial charge in [-0.25, -0.2) is 0 Å². The summed E-state index contributed by atoms with van der Waals surface area (Å²) in [6.07, 6.45) is 19.5. The molecule has 3 aromatic rings. The van der Waals surface area contributed by atoms with E-state index in [1.807, 2.05) is 51.4 Å². The summed E-state index contributed by atoms with van der Waals surface area (Å²) in [4.78, 5) is 25.0. The Kier molecular flexibility index (Phi) is 9.68. The highest BCUT2D eigenvalue weighted by atomic mass is 16.2. The van der Waals surface area contributed by atoms with Crippen molar-refractivity contribution in [2.75, 3.05) is 6.54 Å². The smallest absolute Gasteiger partial charge is 0.229 e. The normalized spacial score (nSPS) is 17.3. The fourth-order valence-corrected chi connectivity index (χ4v) is 5.06. The fourth-order valence-electron chi connectivity index (χ4n) is 5.06. The third-order valence-electron chi connectivity index (χ3n) is 7.42. The third-order valence-corrected chi connectivity index (χ3v) is 7.42. The van der Waals surface area contributed by atoms with Gasteiger partial charge >= 0.3 is 0 Å². The summed E-state index contributed by atoms with van der Waals surface area (Å²) in [7, 11) is 0. The lowest BCUT2D eigenvalue weighted by Gasteiger charge is -2.24. The van der Waals surface area contributed by atoms with Gasteiger partial charge in [0.2, 0.25) is 5.91 Å². The number of carbonyl (C=O) groups excluding carboxylic acids is 1. The minimum atomic E-state index is -0.494. The molecular formula is C34H43N7O. The van der Waals surface area contributed by atoms with E-state index in [4.69, 9.17) is 11.5 Å². The van der Waals surface area contributed by atoms with Gasteiger partial charge < -0.3 is 27.1 Å². The van der Waals surface area contributed by atoms with Crippen LogP contribution in [-0.4, -0.2) is 27.4 Å². The second-order valence-corrected chi connectivity index (χ2v) is 11.5. The molecule has 1 aliphatic rings. The molecule has 0 fully saturated rings. The van der Waals surface area contributed by atoms with E-state index in [0.717, 1.165) is 75.1 Å². The van der Waals surface area contributed by atoms with Crippen LogP contribution in [0.25, 0.3) is 27.6 Å². The zero-order chi connectivity index (χ0) is 30.3. The number of rotatable bonds is 9. The number of hydrogen-bond acceptors (Lipinski definition) is 6. The maximum Gasteiger partial charge on any atom is 0.229 e. The van der Waals surface area contributed by atoms with E-state index < -0.39 is 5.41 Å². The monoisotopic (exact) mass is 565 g/mol. The van der Waals surface area contributed by atoms with Crippen LogP contribution < -0.4 is 22.1 Å². The Morgan fingerprint density at radius 1 is 1.14 bits per heavy atom. The molecule has 1 atom stereocenters. The Labute approximate surface area is 248 Å². The molecule has 0 saturated carbocycles. The van der Waals surface area contributed by atoms with Gasteiger partial charge in [0.15, 0.2) is 0 Å². The van der Waals surface area contributed by atoms with Crippen molar-refractivity contribution in [1.82, 2.24) is 25.6 Å². The predicted molar refractivity (Wildman–Crippen MR) is 172 cm³/mol. The van der Waals surface area contributed by atoms with Crippen molar-refractivity contribution in [1.29, 1.82) is 0 Å². The average Bonchev–Trinajstić information content (AvgIpc) is 3.43. The summed E-state index contributed by atoms with van der Waals surface area (Å²) in [5, 5.41) is 7.63. The third kappa shape index (κ3) is 6.82. The number of H-pyrrole nitrogens is 1. The van der Waals surface area contributed by atoms with E-state index in [1.165, 1.54) is 0 Å². The number of allylic oxidation sites excluding steroid dienone is 5. The molecule has 4 rings (SSSR count). The fraction of sp³-hybridized carbons (Fsp3) is 0.324. The van der Waals surface area contributed by atoms with Crippen molar-refractivity contribution in [2.45, 2.75) is 53.9 Å². The molecule has 7 N–H and O–H groups in total. The van der Waals surface area contributed by atoms with Crippen molar-refractivity contribution in [3.8, 4) is 11.1 Å². The number of nitrogens with zero attached hydrogens (tertiary/aromatic N) is 2. The largest absolute Gasteiger partial charge is 0.404 e. The molecule has 3 aromatic heterocycles. The number of nitrogens with one attached hydrogen (secondary N) is 3. The first-order valence-corrected chi connectivity index (χ1v) is 14.6. The van der Waals surface area contributed by atoms with E-state index in [2.05, 4.69) is 57.7 Å². The lowest BCUT2D eigenvalue weighted by molar-refractivity contribution is -0.127. The number of aromatic amines is 1. The topological polar surface area (TPSA) is 135 Å². The van der Waals surface area contributed by atoms with Crippen molar-refractivity contribution >= 4 is 22.4 Å². The van der Waals surface area contributed by atoms with E-state index in [9.17, 15) is 4.79 Å². The van der Waals surface area contributed by atoms with Crippen LogP contribution in [-0.2, 0) is 4.79 Å². The Balaban J connectivity index is 1.76. The maximum atomic E-state index is 12.8. The number of nitrogens with two attached hydrogens (primary N) is 2. The Morgan fingerprint density at radius 2 is 1.90 bits per heavy atom. The summed E-state index contributed by atoms with van der Waals surface area (Å²) in [5.74, 6) is -0.0282. The molecule has 0 spiro atoms. The first kappa shape index (κ1) is 30.4. The SMILES string of the molecule is CCC/C(=C\C(=C/N)C(/C=C1/C(c2cc3c(-c4ccncc4)cncc3[nH]2)=CCN/C1=C/N)CC)NC(=O)C(C)(C)C. The van der Waals surface area contributed by atoms with Gasteiger partial charge in [0, 0.05) is 76.2 Å². The lowest BCUT2D eigenvalue weighted by atomic mass is 9.87. The van der Waals surface area contributed by atoms with E-state index in [-0.39, 0.29) is 11.8 Å². The summed E-state index contributed by atoms with van der Waals surface area (Å²) < 4.78 is 0. The van der Waals surface area contributed by atoms with Crippen molar-refractivity contribution in [3.63, 3.8) is 0 Å². The van der Waals surface area contributed by atoms with Crippen molar-refractivity contribution < 1.29 is 4.79 Å². The number of fused-ring (bicyclic) bond motifs is 1. The van der Waals surface area contributed by atoms with Gasteiger partial charge in [-0.05, 0) is 54.5 Å². The van der Waals surface area contributed by atoms with E-state index in [0.29, 0.717) is 6.54 Å². The Morgan fingerprint density at radius 3 is 2.55 bits per heavy atom. The number of carbonyl (C=O) groups is 1. The number of pyridine rings is 2. The highest BCUT2D eigenvalue weighted by Crippen LogP contribution is 2.36. The number of amides is 1. The number of aromatic nitrogens is 3. The van der Waals surface area contributed by atoms with Gasteiger partial charge in [-0.15, -0.1) is 0 Å². The molecule has 8 heteroatoms. The summed E-state index contributed by atoms with van der Waals surface area (Å²) in [6, 6.07) is 6.16. The van der Waals surface area contributed by atoms with Crippen LogP contribution in [0, 0.1) is 11.3 Å². The van der Waals surface area contributed by atoms with E-state index >= 15 is 0 Å². The number of hydrogen-bond donors (Lipinski definition) is 5. The second kappa shape index (κ2) is 13.4. The molecule has 4 heterocycles. The quantitative estimate of drug-likeness (QED) is 0.200. The minimum absolute atomic E-state index is 0.0138. The van der Waals surface area contributed by atoms with Crippen LogP contribution >= 0.6 is 0 Å². The molecule has 1 aliphatic heterocycles. The Bertz CT molecular complexity index is 1570. The standard InChI is InChI=1S/C34H43N7O/c1-6-8-25(40-33(42)34(3,4)5)15-24(18-35)22(7-2)16-27-26(11-14-39-31(27)19-36)30-17-28-29(20-38-21-32(28)41-30)23-9-12-37-13-10-23/h9-13,15-22,39,41H,6-8,14,35-36H2,1-5H3,(H,40,42)/b24-18+,25-15+,27-16-,31-19+. The van der Waals surface area contributed by atoms with Gasteiger partial charge in [-0.2, -0.15) is 0 Å². The molecule has 8 nitrogen and oxygen atoms in total. The van der Waals surface area contributed by atoms with Crippen LogP contribution in [0.5, 0.6) is 0 Å². The molecule has 1 amide bonds. The summed E-state index contributed by atoms with van der Waals surface area (Å²) >= 11 is 0. The molecule has 1 unspecified atom stereocenters. The molecule has 220 valence electrons. The van der Waals surface area contributed by atoms with Crippen molar-refractivity contribution in [3.05, 3.63) is 102 Å². The predicted octanol–water partition coefficient (Wildman–Crippen LogP) is 6.05. The first-order valence-electron chi connectivity index (χ1n) is 14.6. The van der Waals surface area contributed by atoms with Gasteiger partial charge in [-0.1, -0.05) is 53.2 Å². The van der Waals surface area contributed by atoms with Crippen LogP contribution in [0.15, 0.2) is 96.2 Å².